The molecule has 2 heterocycles. The maximum atomic E-state index is 11.9. The zero-order chi connectivity index (χ0) is 14.0. The van der Waals surface area contributed by atoms with Crippen molar-refractivity contribution >= 4 is 39.2 Å². The van der Waals surface area contributed by atoms with Crippen molar-refractivity contribution in [3.8, 4) is 0 Å². The maximum absolute atomic E-state index is 11.9. The van der Waals surface area contributed by atoms with E-state index in [0.29, 0.717) is 0 Å². The highest BCUT2D eigenvalue weighted by Gasteiger charge is 2.19. The van der Waals surface area contributed by atoms with Crippen molar-refractivity contribution in [1.29, 1.82) is 0 Å². The van der Waals surface area contributed by atoms with E-state index < -0.39 is 0 Å². The van der Waals surface area contributed by atoms with Crippen molar-refractivity contribution in [3.63, 3.8) is 0 Å². The van der Waals surface area contributed by atoms with Gasteiger partial charge in [0.25, 0.3) is 0 Å². The first-order chi connectivity index (χ1) is 9.02. The molecule has 1 amide bonds. The van der Waals surface area contributed by atoms with Crippen molar-refractivity contribution in [1.82, 2.24) is 14.9 Å². The van der Waals surface area contributed by atoms with Gasteiger partial charge < -0.3 is 4.90 Å². The fourth-order valence-corrected chi connectivity index (χ4v) is 3.77. The number of hydrogen-bond acceptors (Lipinski definition) is 5. The van der Waals surface area contributed by atoms with Gasteiger partial charge in [0.15, 0.2) is 0 Å². The van der Waals surface area contributed by atoms with Crippen LogP contribution in [0.5, 0.6) is 0 Å². The molecule has 19 heavy (non-hydrogen) atoms. The lowest BCUT2D eigenvalue weighted by Crippen LogP contribution is -2.29. The van der Waals surface area contributed by atoms with E-state index in [1.807, 2.05) is 6.92 Å². The summed E-state index contributed by atoms with van der Waals surface area (Å²) < 4.78 is 0. The first-order valence-electron chi connectivity index (χ1n) is 6.14. The number of thioether (sulfide) groups is 1. The molecule has 0 aromatic carbocycles. The zero-order valence-corrected chi connectivity index (χ0v) is 13.1. The molecular weight excluding hydrogens is 278 g/mol. The molecule has 0 aliphatic heterocycles. The quantitative estimate of drug-likeness (QED) is 0.643. The molecule has 0 aliphatic rings. The van der Waals surface area contributed by atoms with Crippen molar-refractivity contribution in [2.75, 3.05) is 14.1 Å². The lowest BCUT2D eigenvalue weighted by atomic mass is 10.3. The average Bonchev–Trinajstić information content (AvgIpc) is 2.81. The Kier molecular flexibility index (Phi) is 4.42. The Hall–Kier alpha value is -1.14. The van der Waals surface area contributed by atoms with Crippen molar-refractivity contribution in [2.45, 2.75) is 30.5 Å². The number of thiophene rings is 1. The lowest BCUT2D eigenvalue weighted by molar-refractivity contribution is -0.127. The minimum Gasteiger partial charge on any atom is -0.348 e. The number of fused-ring (bicyclic) bond motifs is 1. The predicted molar refractivity (Wildman–Crippen MR) is 80.8 cm³/mol. The van der Waals surface area contributed by atoms with Gasteiger partial charge in [0.05, 0.1) is 5.25 Å². The van der Waals surface area contributed by atoms with Crippen LogP contribution in [0.2, 0.25) is 0 Å². The van der Waals surface area contributed by atoms with E-state index in [4.69, 9.17) is 0 Å². The smallest absolute Gasteiger partial charge is 0.235 e. The molecule has 0 saturated heterocycles. The van der Waals surface area contributed by atoms with Crippen LogP contribution >= 0.6 is 23.1 Å². The molecule has 4 nitrogen and oxygen atoms in total. The number of aryl methyl sites for hydroxylation is 1. The molecule has 1 unspecified atom stereocenters. The maximum Gasteiger partial charge on any atom is 0.235 e. The van der Waals surface area contributed by atoms with Crippen molar-refractivity contribution < 1.29 is 4.79 Å². The molecule has 0 bridgehead atoms. The van der Waals surface area contributed by atoms with Gasteiger partial charge >= 0.3 is 0 Å². The van der Waals surface area contributed by atoms with Crippen LogP contribution in [0.1, 0.15) is 18.7 Å². The highest BCUT2D eigenvalue weighted by molar-refractivity contribution is 8.00. The molecule has 102 valence electrons. The summed E-state index contributed by atoms with van der Waals surface area (Å²) in [5.74, 6) is 0.0997. The molecule has 2 aromatic rings. The van der Waals surface area contributed by atoms with E-state index in [-0.39, 0.29) is 11.2 Å². The van der Waals surface area contributed by atoms with Crippen LogP contribution in [0.3, 0.4) is 0 Å². The van der Waals surface area contributed by atoms with E-state index in [1.54, 1.807) is 36.7 Å². The highest BCUT2D eigenvalue weighted by atomic mass is 32.2. The summed E-state index contributed by atoms with van der Waals surface area (Å²) >= 11 is 3.19. The summed E-state index contributed by atoms with van der Waals surface area (Å²) in [6.07, 6.45) is 2.57. The summed E-state index contributed by atoms with van der Waals surface area (Å²) in [4.78, 5) is 24.4. The van der Waals surface area contributed by atoms with Crippen LogP contribution in [-0.2, 0) is 11.2 Å². The van der Waals surface area contributed by atoms with Gasteiger partial charge in [-0.2, -0.15) is 0 Å². The molecule has 0 fully saturated rings. The number of hydrogen-bond donors (Lipinski definition) is 0. The number of carbonyl (C=O) groups excluding carboxylic acids is 1. The van der Waals surface area contributed by atoms with Crippen LogP contribution in [0.4, 0.5) is 0 Å². The molecule has 0 saturated carbocycles. The van der Waals surface area contributed by atoms with E-state index in [0.717, 1.165) is 21.7 Å². The minimum absolute atomic E-state index is 0.0997. The molecule has 0 radical (unpaired) electrons. The Labute approximate surface area is 121 Å². The monoisotopic (exact) mass is 295 g/mol. The topological polar surface area (TPSA) is 46.1 Å². The second kappa shape index (κ2) is 5.88. The van der Waals surface area contributed by atoms with E-state index >= 15 is 0 Å². The molecular formula is C13H17N3OS2. The molecule has 2 rings (SSSR count). The fourth-order valence-electron chi connectivity index (χ4n) is 1.73. The predicted octanol–water partition coefficient (Wildman–Crippen LogP) is 2.82. The lowest BCUT2D eigenvalue weighted by Gasteiger charge is -2.15. The summed E-state index contributed by atoms with van der Waals surface area (Å²) in [7, 11) is 3.55. The normalized spacial score (nSPS) is 12.6. The number of nitrogens with zero attached hydrogens (tertiary/aromatic N) is 3. The van der Waals surface area contributed by atoms with E-state index in [9.17, 15) is 4.79 Å². The third-order valence-corrected chi connectivity index (χ3v) is 5.06. The Balaban J connectivity index is 2.30. The van der Waals surface area contributed by atoms with Gasteiger partial charge in [-0.1, -0.05) is 18.7 Å². The fraction of sp³-hybridized carbons (Fsp3) is 0.462. The average molecular weight is 295 g/mol. The minimum atomic E-state index is -0.141. The largest absolute Gasteiger partial charge is 0.348 e. The van der Waals surface area contributed by atoms with Gasteiger partial charge in [-0.3, -0.25) is 4.79 Å². The standard InChI is InChI=1S/C13H17N3OS2/c1-5-9-6-10-11(14-7-15-12(10)19-9)18-8(2)13(17)16(3)4/h6-8H,5H2,1-4H3. The molecule has 0 N–H and O–H groups in total. The Bertz CT molecular complexity index is 595. The van der Waals surface area contributed by atoms with Crippen LogP contribution < -0.4 is 0 Å². The van der Waals surface area contributed by atoms with Crippen molar-refractivity contribution in [2.24, 2.45) is 0 Å². The number of aromatic nitrogens is 2. The Morgan fingerprint density at radius 1 is 1.47 bits per heavy atom. The number of amides is 1. The van der Waals surface area contributed by atoms with Gasteiger partial charge in [0.2, 0.25) is 5.91 Å². The van der Waals surface area contributed by atoms with Crippen LogP contribution in [0.25, 0.3) is 10.2 Å². The number of carbonyl (C=O) groups is 1. The summed E-state index contributed by atoms with van der Waals surface area (Å²) in [5.41, 5.74) is 0. The van der Waals surface area contributed by atoms with E-state index in [1.165, 1.54) is 16.6 Å². The Morgan fingerprint density at radius 2 is 2.21 bits per heavy atom. The van der Waals surface area contributed by atoms with Crippen LogP contribution in [0.15, 0.2) is 17.4 Å². The van der Waals surface area contributed by atoms with Gasteiger partial charge in [0, 0.05) is 24.4 Å². The second-order valence-corrected chi connectivity index (χ2v) is 6.90. The van der Waals surface area contributed by atoms with E-state index in [2.05, 4.69) is 23.0 Å². The van der Waals surface area contributed by atoms with Gasteiger partial charge in [0.1, 0.15) is 16.2 Å². The third-order valence-electron chi connectivity index (χ3n) is 2.77. The zero-order valence-electron chi connectivity index (χ0n) is 11.5. The summed E-state index contributed by atoms with van der Waals surface area (Å²) in [6.45, 7) is 4.04. The van der Waals surface area contributed by atoms with Crippen LogP contribution in [0, 0.1) is 0 Å². The summed E-state index contributed by atoms with van der Waals surface area (Å²) in [5, 5.41) is 1.81. The SMILES string of the molecule is CCc1cc2c(SC(C)C(=O)N(C)C)ncnc2s1. The first-order valence-corrected chi connectivity index (χ1v) is 7.83. The third kappa shape index (κ3) is 3.06. The van der Waals surface area contributed by atoms with Gasteiger partial charge in [-0.15, -0.1) is 11.3 Å². The first kappa shape index (κ1) is 14.3. The van der Waals surface area contributed by atoms with Gasteiger partial charge in [-0.25, -0.2) is 9.97 Å². The van der Waals surface area contributed by atoms with Crippen molar-refractivity contribution in [3.05, 3.63) is 17.3 Å². The molecule has 2 aromatic heterocycles. The molecule has 0 spiro atoms. The highest BCUT2D eigenvalue weighted by Crippen LogP contribution is 2.33. The molecule has 1 atom stereocenters. The van der Waals surface area contributed by atoms with Gasteiger partial charge in [-0.05, 0) is 19.4 Å². The second-order valence-electron chi connectivity index (χ2n) is 4.46. The molecule has 6 heteroatoms. The number of rotatable bonds is 4. The molecule has 0 aliphatic carbocycles. The summed E-state index contributed by atoms with van der Waals surface area (Å²) in [6, 6.07) is 2.13. The Morgan fingerprint density at radius 3 is 2.84 bits per heavy atom. The van der Waals surface area contributed by atoms with Crippen LogP contribution in [-0.4, -0.2) is 40.1 Å².